The molecule has 7 nitrogen and oxygen atoms in total. The van der Waals surface area contributed by atoms with Gasteiger partial charge in [-0.25, -0.2) is 0 Å². The fourth-order valence-corrected chi connectivity index (χ4v) is 4.38. The van der Waals surface area contributed by atoms with Crippen molar-refractivity contribution >= 4 is 40.4 Å². The smallest absolute Gasteiger partial charge is 0.251 e. The highest BCUT2D eigenvalue weighted by Gasteiger charge is 2.24. The number of benzene rings is 1. The minimum atomic E-state index is -0.165. The number of anilines is 1. The monoisotopic (exact) mass is 458 g/mol. The number of hydrogen-bond acceptors (Lipinski definition) is 6. The van der Waals surface area contributed by atoms with E-state index in [-0.39, 0.29) is 11.8 Å². The number of aromatic nitrogens is 2. The molecule has 3 aromatic rings. The Hall–Kier alpha value is -2.71. The molecule has 162 valence electrons. The quantitative estimate of drug-likeness (QED) is 0.468. The molecule has 2 aromatic heterocycles. The van der Waals surface area contributed by atoms with E-state index in [1.807, 2.05) is 17.5 Å². The van der Waals surface area contributed by atoms with Gasteiger partial charge in [-0.1, -0.05) is 29.2 Å². The van der Waals surface area contributed by atoms with Crippen molar-refractivity contribution in [2.75, 3.05) is 18.0 Å². The van der Waals surface area contributed by atoms with Crippen LogP contribution in [0.3, 0.4) is 0 Å². The predicted octanol–water partition coefficient (Wildman–Crippen LogP) is 4.72. The average Bonchev–Trinajstić information content (AvgIpc) is 3.52. The highest BCUT2D eigenvalue weighted by atomic mass is 35.5. The van der Waals surface area contributed by atoms with Gasteiger partial charge in [0.2, 0.25) is 17.6 Å². The highest BCUT2D eigenvalue weighted by molar-refractivity contribution is 7.13. The third-order valence-corrected chi connectivity index (χ3v) is 6.32. The van der Waals surface area contributed by atoms with Crippen LogP contribution in [0, 0.1) is 0 Å². The minimum Gasteiger partial charge on any atom is -0.352 e. The number of nitrogens with zero attached hydrogens (tertiary/aromatic N) is 3. The van der Waals surface area contributed by atoms with Crippen molar-refractivity contribution in [2.24, 2.45) is 0 Å². The van der Waals surface area contributed by atoms with Gasteiger partial charge < -0.3 is 14.7 Å². The van der Waals surface area contributed by atoms with Gasteiger partial charge in [0, 0.05) is 31.5 Å². The van der Waals surface area contributed by atoms with Gasteiger partial charge in [-0.3, -0.25) is 9.59 Å². The van der Waals surface area contributed by atoms with Gasteiger partial charge in [0.25, 0.3) is 5.91 Å². The van der Waals surface area contributed by atoms with E-state index in [9.17, 15) is 9.59 Å². The maximum Gasteiger partial charge on any atom is 0.251 e. The molecule has 4 rings (SSSR count). The van der Waals surface area contributed by atoms with Crippen molar-refractivity contribution in [3.05, 3.63) is 52.2 Å². The summed E-state index contributed by atoms with van der Waals surface area (Å²) in [5.41, 5.74) is 1.12. The first-order valence-electron chi connectivity index (χ1n) is 10.4. The third-order valence-electron chi connectivity index (χ3n) is 5.14. The summed E-state index contributed by atoms with van der Waals surface area (Å²) in [6, 6.07) is 8.98. The van der Waals surface area contributed by atoms with Crippen molar-refractivity contribution in [1.29, 1.82) is 0 Å². The number of hydrogen-bond donors (Lipinski definition) is 1. The first kappa shape index (κ1) is 21.5. The van der Waals surface area contributed by atoms with Crippen LogP contribution in [-0.2, 0) is 11.2 Å². The Morgan fingerprint density at radius 2 is 2.16 bits per heavy atom. The maximum absolute atomic E-state index is 12.5. The van der Waals surface area contributed by atoms with E-state index in [4.69, 9.17) is 16.1 Å². The Labute approximate surface area is 189 Å². The standard InChI is InChI=1S/C22H23ClN4O3S/c23-16-10-9-15(14-17(16)27-12-4-8-20(27)28)22(29)24-11-3-1-2-7-19-25-21(26-30-19)18-6-5-13-31-18/h5-6,9-10,13-14H,1-4,7-8,11-12H2,(H,24,29). The Balaban J connectivity index is 1.20. The van der Waals surface area contributed by atoms with Crippen molar-refractivity contribution in [2.45, 2.75) is 38.5 Å². The minimum absolute atomic E-state index is 0.0446. The lowest BCUT2D eigenvalue weighted by Gasteiger charge is -2.18. The number of carbonyl (C=O) groups is 2. The lowest BCUT2D eigenvalue weighted by molar-refractivity contribution is -0.117. The van der Waals surface area contributed by atoms with Crippen molar-refractivity contribution in [3.63, 3.8) is 0 Å². The molecule has 1 fully saturated rings. The average molecular weight is 459 g/mol. The molecule has 0 spiro atoms. The van der Waals surface area contributed by atoms with Gasteiger partial charge in [-0.05, 0) is 48.9 Å². The van der Waals surface area contributed by atoms with Crippen LogP contribution in [0.25, 0.3) is 10.7 Å². The van der Waals surface area contributed by atoms with E-state index in [0.717, 1.165) is 37.0 Å². The first-order valence-corrected chi connectivity index (χ1v) is 11.6. The molecule has 0 saturated carbocycles. The van der Waals surface area contributed by atoms with Crippen LogP contribution in [-0.4, -0.2) is 35.0 Å². The third kappa shape index (κ3) is 5.32. The number of aryl methyl sites for hydroxylation is 1. The van der Waals surface area contributed by atoms with Gasteiger partial charge in [-0.15, -0.1) is 11.3 Å². The summed E-state index contributed by atoms with van der Waals surface area (Å²) < 4.78 is 5.30. The molecule has 1 N–H and O–H groups in total. The molecule has 1 aromatic carbocycles. The fraction of sp³-hybridized carbons (Fsp3) is 0.364. The number of nitrogens with one attached hydrogen (secondary N) is 1. The van der Waals surface area contributed by atoms with Crippen molar-refractivity contribution in [3.8, 4) is 10.7 Å². The van der Waals surface area contributed by atoms with Crippen LogP contribution in [0.5, 0.6) is 0 Å². The molecular weight excluding hydrogens is 436 g/mol. The Kier molecular flexibility index (Phi) is 6.99. The van der Waals surface area contributed by atoms with E-state index in [2.05, 4.69) is 15.5 Å². The Morgan fingerprint density at radius 3 is 2.94 bits per heavy atom. The number of halogens is 1. The second kappa shape index (κ2) is 10.1. The topological polar surface area (TPSA) is 88.3 Å². The SMILES string of the molecule is O=C(NCCCCCc1nc(-c2cccs2)no1)c1ccc(Cl)c(N2CCCC2=O)c1. The molecule has 0 unspecified atom stereocenters. The molecule has 0 aliphatic carbocycles. The summed E-state index contributed by atoms with van der Waals surface area (Å²) >= 11 is 7.83. The Bertz CT molecular complexity index is 1050. The molecule has 1 saturated heterocycles. The highest BCUT2D eigenvalue weighted by Crippen LogP contribution is 2.30. The zero-order valence-electron chi connectivity index (χ0n) is 17.0. The molecule has 1 aliphatic rings. The van der Waals surface area contributed by atoms with Gasteiger partial charge in [0.15, 0.2) is 0 Å². The van der Waals surface area contributed by atoms with Gasteiger partial charge >= 0.3 is 0 Å². The molecule has 1 aliphatic heterocycles. The summed E-state index contributed by atoms with van der Waals surface area (Å²) in [7, 11) is 0. The molecule has 9 heteroatoms. The molecule has 0 bridgehead atoms. The zero-order chi connectivity index (χ0) is 21.6. The van der Waals surface area contributed by atoms with Crippen LogP contribution < -0.4 is 10.2 Å². The fourth-order valence-electron chi connectivity index (χ4n) is 3.51. The molecule has 0 radical (unpaired) electrons. The van der Waals surface area contributed by atoms with Crippen LogP contribution in [0.4, 0.5) is 5.69 Å². The van der Waals surface area contributed by atoms with E-state index >= 15 is 0 Å². The lowest BCUT2D eigenvalue weighted by atomic mass is 10.1. The summed E-state index contributed by atoms with van der Waals surface area (Å²) in [4.78, 5) is 31.5. The number of carbonyl (C=O) groups excluding carboxylic acids is 2. The van der Waals surface area contributed by atoms with Gasteiger partial charge in [0.05, 0.1) is 15.6 Å². The largest absolute Gasteiger partial charge is 0.352 e. The summed E-state index contributed by atoms with van der Waals surface area (Å²) in [5.74, 6) is 1.15. The maximum atomic E-state index is 12.5. The van der Waals surface area contributed by atoms with Gasteiger partial charge in [0.1, 0.15) is 0 Å². The second-order valence-corrected chi connectivity index (χ2v) is 8.73. The van der Waals surface area contributed by atoms with E-state index < -0.39 is 0 Å². The van der Waals surface area contributed by atoms with E-state index in [1.165, 1.54) is 0 Å². The lowest BCUT2D eigenvalue weighted by Crippen LogP contribution is -2.26. The Morgan fingerprint density at radius 1 is 1.26 bits per heavy atom. The first-order chi connectivity index (χ1) is 15.1. The summed E-state index contributed by atoms with van der Waals surface area (Å²) in [6.07, 6.45) is 4.74. The molecule has 3 heterocycles. The van der Waals surface area contributed by atoms with Gasteiger partial charge in [-0.2, -0.15) is 4.98 Å². The van der Waals surface area contributed by atoms with Crippen molar-refractivity contribution in [1.82, 2.24) is 15.5 Å². The summed E-state index contributed by atoms with van der Waals surface area (Å²) in [6.45, 7) is 1.21. The number of unbranched alkanes of at least 4 members (excludes halogenated alkanes) is 2. The van der Waals surface area contributed by atoms with Crippen LogP contribution in [0.1, 0.15) is 48.4 Å². The number of thiophene rings is 1. The zero-order valence-corrected chi connectivity index (χ0v) is 18.5. The van der Waals surface area contributed by atoms with Crippen LogP contribution >= 0.6 is 22.9 Å². The summed E-state index contributed by atoms with van der Waals surface area (Å²) in [5, 5.41) is 9.41. The number of amides is 2. The molecule has 2 amide bonds. The van der Waals surface area contributed by atoms with Crippen LogP contribution in [0.15, 0.2) is 40.2 Å². The second-order valence-electron chi connectivity index (χ2n) is 7.37. The van der Waals surface area contributed by atoms with E-state index in [1.54, 1.807) is 34.4 Å². The van der Waals surface area contributed by atoms with E-state index in [0.29, 0.717) is 47.5 Å². The number of rotatable bonds is 9. The normalized spacial score (nSPS) is 13.7. The molecule has 0 atom stereocenters. The van der Waals surface area contributed by atoms with Crippen molar-refractivity contribution < 1.29 is 14.1 Å². The predicted molar refractivity (Wildman–Crippen MR) is 121 cm³/mol. The molecule has 31 heavy (non-hydrogen) atoms. The van der Waals surface area contributed by atoms with Crippen LogP contribution in [0.2, 0.25) is 5.02 Å². The molecular formula is C22H23ClN4O3S.